The molecular formula is C25H19ClN2O5S2. The van der Waals surface area contributed by atoms with Gasteiger partial charge in [-0.3, -0.25) is 19.8 Å². The van der Waals surface area contributed by atoms with Gasteiger partial charge >= 0.3 is 0 Å². The Balaban J connectivity index is 1.49. The first-order chi connectivity index (χ1) is 16.8. The molecule has 0 aliphatic carbocycles. The number of thiocarbonyl (C=S) groups is 1. The van der Waals surface area contributed by atoms with E-state index in [0.717, 1.165) is 23.1 Å². The van der Waals surface area contributed by atoms with Crippen molar-refractivity contribution in [3.05, 3.63) is 97.9 Å². The Bertz CT molecular complexity index is 1330. The van der Waals surface area contributed by atoms with Gasteiger partial charge in [-0.15, -0.1) is 0 Å². The minimum absolute atomic E-state index is 0.126. The SMILES string of the molecule is Cc1ccc(OCCOc2ccc(Cl)cc2/C=C2/SC(=S)N(c3cccc([N+](=O)[O-])c3)C2=O)cc1. The zero-order valence-electron chi connectivity index (χ0n) is 18.5. The van der Waals surface area contributed by atoms with Gasteiger partial charge in [0.1, 0.15) is 24.7 Å². The van der Waals surface area contributed by atoms with Crippen molar-refractivity contribution >= 4 is 63.3 Å². The molecule has 178 valence electrons. The van der Waals surface area contributed by atoms with E-state index < -0.39 is 4.92 Å². The number of non-ortho nitro benzene ring substituents is 1. The molecule has 1 aliphatic rings. The van der Waals surface area contributed by atoms with Crippen molar-refractivity contribution < 1.29 is 19.2 Å². The lowest BCUT2D eigenvalue weighted by molar-refractivity contribution is -0.384. The third kappa shape index (κ3) is 6.00. The summed E-state index contributed by atoms with van der Waals surface area (Å²) in [6.45, 7) is 2.62. The molecule has 1 fully saturated rings. The first-order valence-corrected chi connectivity index (χ1v) is 12.1. The van der Waals surface area contributed by atoms with Crippen LogP contribution in [0.25, 0.3) is 6.08 Å². The number of nitro groups is 1. The van der Waals surface area contributed by atoms with Crippen LogP contribution in [-0.2, 0) is 4.79 Å². The van der Waals surface area contributed by atoms with Gasteiger partial charge in [0.05, 0.1) is 15.5 Å². The topological polar surface area (TPSA) is 81.9 Å². The molecule has 0 spiro atoms. The van der Waals surface area contributed by atoms with E-state index in [4.69, 9.17) is 33.3 Å². The van der Waals surface area contributed by atoms with E-state index >= 15 is 0 Å². The lowest BCUT2D eigenvalue weighted by Gasteiger charge is -2.14. The van der Waals surface area contributed by atoms with Crippen LogP contribution in [0.1, 0.15) is 11.1 Å². The van der Waals surface area contributed by atoms with Gasteiger partial charge in [0.25, 0.3) is 11.6 Å². The Morgan fingerprint density at radius 1 is 1.09 bits per heavy atom. The molecule has 0 radical (unpaired) electrons. The summed E-state index contributed by atoms with van der Waals surface area (Å²) in [5, 5.41) is 11.6. The van der Waals surface area contributed by atoms with Crippen LogP contribution in [0.2, 0.25) is 5.02 Å². The van der Waals surface area contributed by atoms with Crippen LogP contribution in [-0.4, -0.2) is 28.4 Å². The van der Waals surface area contributed by atoms with Gasteiger partial charge < -0.3 is 9.47 Å². The predicted molar refractivity (Wildman–Crippen MR) is 142 cm³/mol. The third-order valence-corrected chi connectivity index (χ3v) is 6.52. The highest BCUT2D eigenvalue weighted by Gasteiger charge is 2.34. The van der Waals surface area contributed by atoms with E-state index in [0.29, 0.717) is 33.5 Å². The van der Waals surface area contributed by atoms with Crippen molar-refractivity contribution in [1.29, 1.82) is 0 Å². The third-order valence-electron chi connectivity index (χ3n) is 4.98. The summed E-state index contributed by atoms with van der Waals surface area (Å²) in [5.41, 5.74) is 1.96. The fraction of sp³-hybridized carbons (Fsp3) is 0.120. The molecule has 1 aliphatic heterocycles. The molecule has 3 aromatic carbocycles. The number of anilines is 1. The van der Waals surface area contributed by atoms with Gasteiger partial charge in [-0.25, -0.2) is 0 Å². The number of carbonyl (C=O) groups is 1. The zero-order valence-corrected chi connectivity index (χ0v) is 20.9. The number of aryl methyl sites for hydroxylation is 1. The summed E-state index contributed by atoms with van der Waals surface area (Å²) in [6, 6.07) is 18.6. The fourth-order valence-electron chi connectivity index (χ4n) is 3.29. The quantitative estimate of drug-likeness (QED) is 0.110. The largest absolute Gasteiger partial charge is 0.490 e. The highest BCUT2D eigenvalue weighted by molar-refractivity contribution is 8.27. The summed E-state index contributed by atoms with van der Waals surface area (Å²) >= 11 is 12.7. The molecular weight excluding hydrogens is 508 g/mol. The van der Waals surface area contributed by atoms with Crippen LogP contribution in [0.5, 0.6) is 11.5 Å². The van der Waals surface area contributed by atoms with E-state index in [1.165, 1.54) is 23.1 Å². The number of benzene rings is 3. The molecule has 1 amide bonds. The average Bonchev–Trinajstić information content (AvgIpc) is 3.11. The van der Waals surface area contributed by atoms with Crippen molar-refractivity contribution in [2.75, 3.05) is 18.1 Å². The second-order valence-corrected chi connectivity index (χ2v) is 9.60. The second kappa shape index (κ2) is 10.9. The van der Waals surface area contributed by atoms with Crippen molar-refractivity contribution in [3.63, 3.8) is 0 Å². The smallest absolute Gasteiger partial charge is 0.271 e. The Hall–Kier alpha value is -3.40. The Labute approximate surface area is 216 Å². The normalized spacial score (nSPS) is 14.5. The summed E-state index contributed by atoms with van der Waals surface area (Å²) in [5.74, 6) is 0.900. The molecule has 4 rings (SSSR count). The first kappa shape index (κ1) is 24.7. The summed E-state index contributed by atoms with van der Waals surface area (Å²) < 4.78 is 11.9. The maximum Gasteiger partial charge on any atom is 0.271 e. The number of nitrogens with zero attached hydrogens (tertiary/aromatic N) is 2. The standard InChI is InChI=1S/C25H19ClN2O5S2/c1-16-5-8-21(9-6-16)32-11-12-33-22-10-7-18(26)13-17(22)14-23-24(29)27(25(34)35-23)19-3-2-4-20(15-19)28(30)31/h2-10,13-15H,11-12H2,1H3/b23-14+. The molecule has 7 nitrogen and oxygen atoms in total. The van der Waals surface area contributed by atoms with E-state index in [1.807, 2.05) is 31.2 Å². The lowest BCUT2D eigenvalue weighted by Crippen LogP contribution is -2.27. The molecule has 0 atom stereocenters. The van der Waals surface area contributed by atoms with Crippen molar-refractivity contribution in [2.45, 2.75) is 6.92 Å². The fourth-order valence-corrected chi connectivity index (χ4v) is 4.76. The number of rotatable bonds is 8. The van der Waals surface area contributed by atoms with Crippen molar-refractivity contribution in [3.8, 4) is 11.5 Å². The van der Waals surface area contributed by atoms with Gasteiger partial charge in [0.15, 0.2) is 4.32 Å². The predicted octanol–water partition coefficient (Wildman–Crippen LogP) is 6.42. The summed E-state index contributed by atoms with van der Waals surface area (Å²) in [6.07, 6.45) is 1.65. The van der Waals surface area contributed by atoms with Crippen LogP contribution >= 0.6 is 35.6 Å². The number of halogens is 1. The molecule has 1 heterocycles. The molecule has 1 saturated heterocycles. The highest BCUT2D eigenvalue weighted by Crippen LogP contribution is 2.38. The van der Waals surface area contributed by atoms with Gasteiger partial charge in [-0.05, 0) is 49.4 Å². The Morgan fingerprint density at radius 2 is 1.83 bits per heavy atom. The maximum atomic E-state index is 13.1. The maximum absolute atomic E-state index is 13.1. The number of amides is 1. The number of ether oxygens (including phenoxy) is 2. The zero-order chi connectivity index (χ0) is 24.9. The van der Waals surface area contributed by atoms with Crippen LogP contribution in [0.4, 0.5) is 11.4 Å². The van der Waals surface area contributed by atoms with Crippen LogP contribution in [0.15, 0.2) is 71.6 Å². The van der Waals surface area contributed by atoms with Gasteiger partial charge in [-0.1, -0.05) is 59.3 Å². The van der Waals surface area contributed by atoms with E-state index in [9.17, 15) is 14.9 Å². The minimum atomic E-state index is -0.519. The first-order valence-electron chi connectivity index (χ1n) is 10.5. The molecule has 0 saturated carbocycles. The van der Waals surface area contributed by atoms with E-state index in [-0.39, 0.29) is 22.5 Å². The van der Waals surface area contributed by atoms with Gasteiger partial charge in [0.2, 0.25) is 0 Å². The molecule has 10 heteroatoms. The van der Waals surface area contributed by atoms with Crippen LogP contribution in [0, 0.1) is 17.0 Å². The monoisotopic (exact) mass is 526 g/mol. The number of hydrogen-bond acceptors (Lipinski definition) is 7. The molecule has 0 bridgehead atoms. The molecule has 35 heavy (non-hydrogen) atoms. The average molecular weight is 527 g/mol. The van der Waals surface area contributed by atoms with E-state index in [1.54, 1.807) is 30.3 Å². The minimum Gasteiger partial charge on any atom is -0.490 e. The van der Waals surface area contributed by atoms with Crippen molar-refractivity contribution in [1.82, 2.24) is 0 Å². The van der Waals surface area contributed by atoms with Crippen molar-refractivity contribution in [2.24, 2.45) is 0 Å². The number of carbonyl (C=O) groups excluding carboxylic acids is 1. The second-order valence-electron chi connectivity index (χ2n) is 7.49. The summed E-state index contributed by atoms with van der Waals surface area (Å²) in [4.78, 5) is 25.4. The van der Waals surface area contributed by atoms with Crippen LogP contribution < -0.4 is 14.4 Å². The lowest BCUT2D eigenvalue weighted by atomic mass is 10.1. The number of thioether (sulfide) groups is 1. The highest BCUT2D eigenvalue weighted by atomic mass is 35.5. The van der Waals surface area contributed by atoms with Crippen LogP contribution in [0.3, 0.4) is 0 Å². The number of hydrogen-bond donors (Lipinski definition) is 0. The molecule has 3 aromatic rings. The summed E-state index contributed by atoms with van der Waals surface area (Å²) in [7, 11) is 0. The van der Waals surface area contributed by atoms with Gasteiger partial charge in [0, 0.05) is 22.7 Å². The molecule has 0 unspecified atom stereocenters. The van der Waals surface area contributed by atoms with Gasteiger partial charge in [-0.2, -0.15) is 0 Å². The molecule has 0 aromatic heterocycles. The van der Waals surface area contributed by atoms with E-state index in [2.05, 4.69) is 0 Å². The Morgan fingerprint density at radius 3 is 2.57 bits per heavy atom. The number of nitro benzene ring substituents is 1. The Kier molecular flexibility index (Phi) is 7.70. The molecule has 0 N–H and O–H groups in total.